The highest BCUT2D eigenvalue weighted by atomic mass is 127. The van der Waals surface area contributed by atoms with Gasteiger partial charge in [-0.2, -0.15) is 0 Å². The fourth-order valence-electron chi connectivity index (χ4n) is 0.699. The third kappa shape index (κ3) is 2.64. The zero-order valence-corrected chi connectivity index (χ0v) is 8.07. The summed E-state index contributed by atoms with van der Waals surface area (Å²) in [5, 5.41) is 4.29. The van der Waals surface area contributed by atoms with E-state index in [9.17, 15) is 0 Å². The van der Waals surface area contributed by atoms with Crippen molar-refractivity contribution in [2.24, 2.45) is 0 Å². The summed E-state index contributed by atoms with van der Waals surface area (Å²) >= 11 is 1.58. The number of halogens is 1. The molecule has 0 aliphatic heterocycles. The van der Waals surface area contributed by atoms with Gasteiger partial charge in [-0.25, -0.2) is 0 Å². The van der Waals surface area contributed by atoms with E-state index >= 15 is 0 Å². The molecule has 3 nitrogen and oxygen atoms in total. The van der Waals surface area contributed by atoms with Crippen LogP contribution < -0.4 is 4.89 Å². The third-order valence-corrected chi connectivity index (χ3v) is 1.39. The molecule has 0 spiro atoms. The van der Waals surface area contributed by atoms with Crippen molar-refractivity contribution >= 4 is 23.0 Å². The molecular formula is C7H7IO3. The van der Waals surface area contributed by atoms with Gasteiger partial charge in [0.25, 0.3) is 0 Å². The number of benzene rings is 1. The van der Waals surface area contributed by atoms with E-state index in [1.807, 2.05) is 25.1 Å². The van der Waals surface area contributed by atoms with Crippen molar-refractivity contribution in [3.05, 3.63) is 29.8 Å². The maximum absolute atomic E-state index is 4.76. The summed E-state index contributed by atoms with van der Waals surface area (Å²) in [6, 6.07) is 7.50. The van der Waals surface area contributed by atoms with E-state index in [4.69, 9.17) is 4.89 Å². The van der Waals surface area contributed by atoms with Crippen LogP contribution in [-0.4, -0.2) is 0 Å². The molecule has 0 N–H and O–H groups in total. The average Bonchev–Trinajstić information content (AvgIpc) is 2.03. The van der Waals surface area contributed by atoms with Crippen molar-refractivity contribution in [3.8, 4) is 5.75 Å². The first-order valence-corrected chi connectivity index (χ1v) is 3.90. The summed E-state index contributed by atoms with van der Waals surface area (Å²) < 4.78 is 4.25. The van der Waals surface area contributed by atoms with Gasteiger partial charge in [0.05, 0.1) is 0 Å². The van der Waals surface area contributed by atoms with Gasteiger partial charge in [0, 0.05) is 0 Å². The van der Waals surface area contributed by atoms with Crippen LogP contribution in [0.4, 0.5) is 0 Å². The Balaban J connectivity index is 2.62. The third-order valence-electron chi connectivity index (χ3n) is 1.24. The first-order chi connectivity index (χ1) is 5.34. The van der Waals surface area contributed by atoms with Crippen LogP contribution >= 0.6 is 23.0 Å². The Morgan fingerprint density at radius 1 is 1.27 bits per heavy atom. The molecule has 1 aromatic carbocycles. The molecule has 1 aromatic rings. The Hall–Kier alpha value is -0.330. The van der Waals surface area contributed by atoms with Crippen LogP contribution in [0, 0.1) is 6.92 Å². The van der Waals surface area contributed by atoms with Gasteiger partial charge in [0.15, 0.2) is 28.8 Å². The normalized spacial score (nSPS) is 9.64. The molecule has 0 amide bonds. The maximum Gasteiger partial charge on any atom is 0.171 e. The summed E-state index contributed by atoms with van der Waals surface area (Å²) in [7, 11) is 0. The van der Waals surface area contributed by atoms with Gasteiger partial charge >= 0.3 is 0 Å². The lowest BCUT2D eigenvalue weighted by atomic mass is 10.2. The van der Waals surface area contributed by atoms with Gasteiger partial charge in [-0.05, 0) is 23.6 Å². The number of hydrogen-bond donors (Lipinski definition) is 0. The molecule has 0 fully saturated rings. The largest absolute Gasteiger partial charge is 0.307 e. The molecule has 0 bridgehead atoms. The predicted molar refractivity (Wildman–Crippen MR) is 48.0 cm³/mol. The van der Waals surface area contributed by atoms with Crippen LogP contribution in [-0.2, 0) is 8.26 Å². The molecule has 0 saturated heterocycles. The SMILES string of the molecule is Cc1ccccc1OOOI. The van der Waals surface area contributed by atoms with E-state index < -0.39 is 0 Å². The van der Waals surface area contributed by atoms with Crippen molar-refractivity contribution in [1.29, 1.82) is 0 Å². The fourth-order valence-corrected chi connectivity index (χ4v) is 0.773. The Bertz CT molecular complexity index is 227. The lowest BCUT2D eigenvalue weighted by Crippen LogP contribution is -1.93. The van der Waals surface area contributed by atoms with Gasteiger partial charge in [-0.1, -0.05) is 18.2 Å². The summed E-state index contributed by atoms with van der Waals surface area (Å²) in [6.45, 7) is 1.92. The predicted octanol–water partition coefficient (Wildman–Crippen LogP) is 2.59. The molecule has 0 heterocycles. The van der Waals surface area contributed by atoms with Gasteiger partial charge in [-0.15, -0.1) is 3.22 Å². The highest BCUT2D eigenvalue weighted by molar-refractivity contribution is 14.1. The molecule has 0 aromatic heterocycles. The minimum atomic E-state index is 0.657. The van der Waals surface area contributed by atoms with Gasteiger partial charge < -0.3 is 4.89 Å². The van der Waals surface area contributed by atoms with Gasteiger partial charge in [0.1, 0.15) is 0 Å². The molecule has 0 aliphatic rings. The van der Waals surface area contributed by atoms with Crippen molar-refractivity contribution in [1.82, 2.24) is 0 Å². The first kappa shape index (κ1) is 8.76. The fraction of sp³-hybridized carbons (Fsp3) is 0.143. The van der Waals surface area contributed by atoms with E-state index in [1.165, 1.54) is 0 Å². The minimum absolute atomic E-state index is 0.657. The van der Waals surface area contributed by atoms with E-state index in [0.717, 1.165) is 5.56 Å². The van der Waals surface area contributed by atoms with Crippen molar-refractivity contribution in [2.45, 2.75) is 6.92 Å². The van der Waals surface area contributed by atoms with E-state index in [1.54, 1.807) is 29.1 Å². The molecule has 0 aliphatic carbocycles. The Labute approximate surface area is 78.8 Å². The Kier molecular flexibility index (Phi) is 3.61. The standard InChI is InChI=1S/C7H7IO3/c1-6-4-2-3-5-7(6)9-11-10-8/h2-5H,1H3. The molecule has 0 radical (unpaired) electrons. The number of rotatable bonds is 3. The second-order valence-electron chi connectivity index (χ2n) is 1.98. The zero-order chi connectivity index (χ0) is 8.10. The second kappa shape index (κ2) is 4.53. The maximum atomic E-state index is 4.76. The van der Waals surface area contributed by atoms with Crippen LogP contribution in [0.3, 0.4) is 0 Å². The topological polar surface area (TPSA) is 27.7 Å². The molecule has 60 valence electrons. The van der Waals surface area contributed by atoms with Crippen LogP contribution in [0.25, 0.3) is 0 Å². The highest BCUT2D eigenvalue weighted by Gasteiger charge is 1.97. The average molecular weight is 266 g/mol. The molecule has 0 saturated carbocycles. The number of hydrogen-bond acceptors (Lipinski definition) is 3. The van der Waals surface area contributed by atoms with Crippen LogP contribution in [0.15, 0.2) is 24.3 Å². The van der Waals surface area contributed by atoms with Gasteiger partial charge in [-0.3, -0.25) is 0 Å². The lowest BCUT2D eigenvalue weighted by Gasteiger charge is -2.01. The summed E-state index contributed by atoms with van der Waals surface area (Å²) in [5.74, 6) is 0.657. The van der Waals surface area contributed by atoms with E-state index in [-0.39, 0.29) is 0 Å². The van der Waals surface area contributed by atoms with Crippen LogP contribution in [0.2, 0.25) is 0 Å². The molecule has 0 atom stereocenters. The van der Waals surface area contributed by atoms with E-state index in [2.05, 4.69) is 8.26 Å². The van der Waals surface area contributed by atoms with Crippen LogP contribution in [0.1, 0.15) is 5.56 Å². The van der Waals surface area contributed by atoms with Crippen molar-refractivity contribution < 1.29 is 13.1 Å². The summed E-state index contributed by atoms with van der Waals surface area (Å²) in [4.78, 5) is 4.76. The summed E-state index contributed by atoms with van der Waals surface area (Å²) in [6.07, 6.45) is 0. The molecule has 0 unspecified atom stereocenters. The molecular weight excluding hydrogens is 259 g/mol. The molecule has 4 heteroatoms. The molecule has 11 heavy (non-hydrogen) atoms. The van der Waals surface area contributed by atoms with E-state index in [0.29, 0.717) is 5.75 Å². The number of aryl methyl sites for hydroxylation is 1. The summed E-state index contributed by atoms with van der Waals surface area (Å²) in [5.41, 5.74) is 1.00. The second-order valence-corrected chi connectivity index (χ2v) is 2.34. The van der Waals surface area contributed by atoms with Gasteiger partial charge in [0.2, 0.25) is 0 Å². The Morgan fingerprint density at radius 3 is 2.64 bits per heavy atom. The smallest absolute Gasteiger partial charge is 0.171 e. The quantitative estimate of drug-likeness (QED) is 0.478. The first-order valence-electron chi connectivity index (χ1n) is 3.02. The van der Waals surface area contributed by atoms with Crippen molar-refractivity contribution in [3.63, 3.8) is 0 Å². The van der Waals surface area contributed by atoms with Crippen molar-refractivity contribution in [2.75, 3.05) is 0 Å². The minimum Gasteiger partial charge on any atom is -0.307 e. The zero-order valence-electron chi connectivity index (χ0n) is 5.91. The highest BCUT2D eigenvalue weighted by Crippen LogP contribution is 2.16. The number of para-hydroxylation sites is 1. The monoisotopic (exact) mass is 266 g/mol. The van der Waals surface area contributed by atoms with Crippen LogP contribution in [0.5, 0.6) is 5.75 Å². The molecule has 1 rings (SSSR count). The lowest BCUT2D eigenvalue weighted by molar-refractivity contribution is -0.389. The Morgan fingerprint density at radius 2 is 2.00 bits per heavy atom.